The third kappa shape index (κ3) is 5.42. The van der Waals surface area contributed by atoms with Crippen LogP contribution in [0.3, 0.4) is 0 Å². The summed E-state index contributed by atoms with van der Waals surface area (Å²) in [5.74, 6) is 0.339. The summed E-state index contributed by atoms with van der Waals surface area (Å²) in [5, 5.41) is 6.98. The lowest BCUT2D eigenvalue weighted by molar-refractivity contribution is -0.0296. The predicted octanol–water partition coefficient (Wildman–Crippen LogP) is 0.740. The molecular formula is C17H28N4O3. The number of nitrogens with zero attached hydrogens (tertiary/aromatic N) is 3. The highest BCUT2D eigenvalue weighted by molar-refractivity contribution is 5.91. The fourth-order valence-corrected chi connectivity index (χ4v) is 2.83. The monoisotopic (exact) mass is 336 g/mol. The number of nitrogens with one attached hydrogen (secondary N) is 1. The van der Waals surface area contributed by atoms with E-state index in [4.69, 9.17) is 4.74 Å². The highest BCUT2D eigenvalue weighted by Crippen LogP contribution is 2.07. The molecule has 2 rings (SSSR count). The largest absolute Gasteiger partial charge is 0.374 e. The Kier molecular flexibility index (Phi) is 6.93. The van der Waals surface area contributed by atoms with E-state index in [0.29, 0.717) is 25.6 Å². The van der Waals surface area contributed by atoms with Gasteiger partial charge < -0.3 is 10.1 Å². The normalized spacial score (nSPS) is 18.8. The van der Waals surface area contributed by atoms with Crippen LogP contribution >= 0.6 is 0 Å². The van der Waals surface area contributed by atoms with Gasteiger partial charge in [0.2, 0.25) is 0 Å². The van der Waals surface area contributed by atoms with Crippen LogP contribution in [0.1, 0.15) is 37.7 Å². The lowest BCUT2D eigenvalue weighted by atomic mass is 10.2. The molecule has 1 atom stereocenters. The average Bonchev–Trinajstić information content (AvgIpc) is 2.54. The summed E-state index contributed by atoms with van der Waals surface area (Å²) >= 11 is 0. The summed E-state index contributed by atoms with van der Waals surface area (Å²) in [6, 6.07) is 2.86. The number of carbonyl (C=O) groups is 1. The van der Waals surface area contributed by atoms with Gasteiger partial charge in [-0.15, -0.1) is 0 Å². The Morgan fingerprint density at radius 1 is 1.46 bits per heavy atom. The average molecular weight is 336 g/mol. The summed E-state index contributed by atoms with van der Waals surface area (Å²) in [6.45, 7) is 10.8. The Hall–Kier alpha value is -1.73. The molecule has 1 aromatic rings. The van der Waals surface area contributed by atoms with Gasteiger partial charge in [0.05, 0.1) is 12.7 Å². The number of ether oxygens (including phenoxy) is 1. The van der Waals surface area contributed by atoms with Gasteiger partial charge in [0.15, 0.2) is 0 Å². The molecule has 0 aromatic carbocycles. The molecule has 1 fully saturated rings. The minimum Gasteiger partial charge on any atom is -0.374 e. The number of rotatable bonds is 7. The van der Waals surface area contributed by atoms with Gasteiger partial charge in [-0.05, 0) is 18.4 Å². The zero-order chi connectivity index (χ0) is 17.5. The van der Waals surface area contributed by atoms with E-state index in [-0.39, 0.29) is 23.3 Å². The Balaban J connectivity index is 1.88. The molecule has 1 aromatic heterocycles. The lowest BCUT2D eigenvalue weighted by Gasteiger charge is -2.33. The number of carbonyl (C=O) groups excluding carboxylic acids is 1. The van der Waals surface area contributed by atoms with Crippen LogP contribution in [0.15, 0.2) is 16.9 Å². The van der Waals surface area contributed by atoms with Gasteiger partial charge in [-0.25, -0.2) is 4.68 Å². The van der Waals surface area contributed by atoms with E-state index < -0.39 is 0 Å². The smallest absolute Gasteiger partial charge is 0.271 e. The van der Waals surface area contributed by atoms with Gasteiger partial charge >= 0.3 is 0 Å². The fourth-order valence-electron chi connectivity index (χ4n) is 2.83. The molecule has 0 aliphatic carbocycles. The highest BCUT2D eigenvalue weighted by Gasteiger charge is 2.22. The molecule has 2 heterocycles. The molecule has 0 unspecified atom stereocenters. The van der Waals surface area contributed by atoms with Crippen LogP contribution in [0.25, 0.3) is 0 Å². The molecule has 7 nitrogen and oxygen atoms in total. The number of hydrogen-bond donors (Lipinski definition) is 1. The van der Waals surface area contributed by atoms with Gasteiger partial charge in [-0.2, -0.15) is 5.10 Å². The predicted molar refractivity (Wildman–Crippen MR) is 92.1 cm³/mol. The van der Waals surface area contributed by atoms with Crippen LogP contribution in [0.2, 0.25) is 0 Å². The second-order valence-electron chi connectivity index (χ2n) is 6.64. The molecule has 0 saturated carbocycles. The summed E-state index contributed by atoms with van der Waals surface area (Å²) in [5.41, 5.74) is 0.0752. The standard InChI is InChI=1S/C17H28N4O3/c1-4-7-21-16(22)6-5-15(19-21)17(23)18-10-14-12-20(8-9-24-14)11-13(2)3/h5-6,13-14H,4,7-12H2,1-3H3,(H,18,23)/t14-/m1/s1. The molecule has 1 amide bonds. The third-order valence-electron chi connectivity index (χ3n) is 3.87. The molecule has 1 aliphatic heterocycles. The van der Waals surface area contributed by atoms with Crippen LogP contribution in [0.4, 0.5) is 0 Å². The first-order valence-electron chi connectivity index (χ1n) is 8.70. The lowest BCUT2D eigenvalue weighted by Crippen LogP contribution is -2.48. The van der Waals surface area contributed by atoms with Crippen molar-refractivity contribution in [1.82, 2.24) is 20.0 Å². The second kappa shape index (κ2) is 8.94. The van der Waals surface area contributed by atoms with Crippen molar-refractivity contribution in [3.63, 3.8) is 0 Å². The highest BCUT2D eigenvalue weighted by atomic mass is 16.5. The van der Waals surface area contributed by atoms with Crippen LogP contribution in [-0.2, 0) is 11.3 Å². The maximum Gasteiger partial charge on any atom is 0.271 e. The van der Waals surface area contributed by atoms with Crippen molar-refractivity contribution in [3.8, 4) is 0 Å². The van der Waals surface area contributed by atoms with E-state index >= 15 is 0 Å². The fraction of sp³-hybridized carbons (Fsp3) is 0.706. The van der Waals surface area contributed by atoms with Crippen molar-refractivity contribution in [2.24, 2.45) is 5.92 Å². The maximum absolute atomic E-state index is 12.3. The van der Waals surface area contributed by atoms with Crippen molar-refractivity contribution in [1.29, 1.82) is 0 Å². The topological polar surface area (TPSA) is 76.5 Å². The Labute approximate surface area is 143 Å². The molecule has 134 valence electrons. The van der Waals surface area contributed by atoms with Crippen molar-refractivity contribution in [2.45, 2.75) is 39.8 Å². The summed E-state index contributed by atoms with van der Waals surface area (Å²) in [7, 11) is 0. The number of aryl methyl sites for hydroxylation is 1. The van der Waals surface area contributed by atoms with Crippen molar-refractivity contribution in [3.05, 3.63) is 28.2 Å². The molecule has 1 N–H and O–H groups in total. The Bertz CT molecular complexity index is 600. The molecule has 1 saturated heterocycles. The van der Waals surface area contributed by atoms with Crippen LogP contribution < -0.4 is 10.9 Å². The zero-order valence-corrected chi connectivity index (χ0v) is 14.8. The quantitative estimate of drug-likeness (QED) is 0.795. The number of morpholine rings is 1. The summed E-state index contributed by atoms with van der Waals surface area (Å²) in [4.78, 5) is 26.3. The van der Waals surface area contributed by atoms with Crippen molar-refractivity contribution >= 4 is 5.91 Å². The van der Waals surface area contributed by atoms with Crippen LogP contribution in [-0.4, -0.2) is 59.5 Å². The Morgan fingerprint density at radius 2 is 2.25 bits per heavy atom. The molecule has 0 radical (unpaired) electrons. The number of aromatic nitrogens is 2. The first kappa shape index (κ1) is 18.6. The van der Waals surface area contributed by atoms with Crippen LogP contribution in [0.5, 0.6) is 0 Å². The molecule has 0 spiro atoms. The molecule has 1 aliphatic rings. The minimum atomic E-state index is -0.274. The molecular weight excluding hydrogens is 308 g/mol. The van der Waals surface area contributed by atoms with E-state index in [1.54, 1.807) is 0 Å². The summed E-state index contributed by atoms with van der Waals surface area (Å²) in [6.07, 6.45) is 0.780. The van der Waals surface area contributed by atoms with Gasteiger partial charge in [-0.3, -0.25) is 14.5 Å². The van der Waals surface area contributed by atoms with Gasteiger partial charge in [0, 0.05) is 38.8 Å². The molecule has 0 bridgehead atoms. The van der Waals surface area contributed by atoms with Crippen molar-refractivity contribution < 1.29 is 9.53 Å². The van der Waals surface area contributed by atoms with E-state index in [9.17, 15) is 9.59 Å². The number of amides is 1. The van der Waals surface area contributed by atoms with Gasteiger partial charge in [-0.1, -0.05) is 20.8 Å². The maximum atomic E-state index is 12.3. The SMILES string of the molecule is CCCn1nc(C(=O)NC[C@@H]2CN(CC(C)C)CCO2)ccc1=O. The van der Waals surface area contributed by atoms with Gasteiger partial charge in [0.1, 0.15) is 5.69 Å². The first-order chi connectivity index (χ1) is 11.5. The third-order valence-corrected chi connectivity index (χ3v) is 3.87. The van der Waals surface area contributed by atoms with E-state index in [1.807, 2.05) is 6.92 Å². The second-order valence-corrected chi connectivity index (χ2v) is 6.64. The number of hydrogen-bond acceptors (Lipinski definition) is 5. The summed E-state index contributed by atoms with van der Waals surface area (Å²) < 4.78 is 7.06. The minimum absolute atomic E-state index is 0.0111. The van der Waals surface area contributed by atoms with Gasteiger partial charge in [0.25, 0.3) is 11.5 Å². The first-order valence-corrected chi connectivity index (χ1v) is 8.70. The van der Waals surface area contributed by atoms with E-state index in [2.05, 4.69) is 29.2 Å². The zero-order valence-electron chi connectivity index (χ0n) is 14.8. The van der Waals surface area contributed by atoms with E-state index in [0.717, 1.165) is 26.1 Å². The van der Waals surface area contributed by atoms with Crippen LogP contribution in [0, 0.1) is 5.92 Å². The Morgan fingerprint density at radius 3 is 2.96 bits per heavy atom. The van der Waals surface area contributed by atoms with Crippen molar-refractivity contribution in [2.75, 3.05) is 32.8 Å². The molecule has 7 heteroatoms. The molecule has 24 heavy (non-hydrogen) atoms. The van der Waals surface area contributed by atoms with E-state index in [1.165, 1.54) is 16.8 Å².